The minimum atomic E-state index is -0.700. The van der Waals surface area contributed by atoms with Crippen molar-refractivity contribution in [2.45, 2.75) is 139 Å². The van der Waals surface area contributed by atoms with E-state index in [1.54, 1.807) is 69.3 Å². The number of nitriles is 2. The van der Waals surface area contributed by atoms with Crippen LogP contribution >= 0.6 is 23.5 Å². The van der Waals surface area contributed by atoms with E-state index < -0.39 is 102 Å². The van der Waals surface area contributed by atoms with Crippen molar-refractivity contribution in [2.24, 2.45) is 23.7 Å². The lowest BCUT2D eigenvalue weighted by Gasteiger charge is -2.26. The molecule has 0 aromatic heterocycles. The molecule has 478 valence electrons. The third-order valence-corrected chi connectivity index (χ3v) is 16.9. The number of hydrogen-bond acceptors (Lipinski definition) is 25. The zero-order valence-electron chi connectivity index (χ0n) is 50.1. The fourth-order valence-electron chi connectivity index (χ4n) is 9.28. The van der Waals surface area contributed by atoms with Gasteiger partial charge in [-0.15, -0.1) is 0 Å². The van der Waals surface area contributed by atoms with Gasteiger partial charge in [0.05, 0.1) is 89.3 Å². The molecule has 25 heteroatoms. The van der Waals surface area contributed by atoms with Gasteiger partial charge in [0.15, 0.2) is 0 Å². The maximum absolute atomic E-state index is 13.7. The molecule has 3 atom stereocenters. The van der Waals surface area contributed by atoms with Gasteiger partial charge < -0.3 is 52.1 Å². The van der Waals surface area contributed by atoms with Crippen molar-refractivity contribution in [3.05, 3.63) is 107 Å². The van der Waals surface area contributed by atoms with Gasteiger partial charge in [-0.05, 0) is 120 Å². The summed E-state index contributed by atoms with van der Waals surface area (Å²) in [4.78, 5) is 126. The van der Waals surface area contributed by atoms with Crippen LogP contribution in [0, 0.1) is 46.3 Å². The molecule has 6 rings (SSSR count). The number of carbonyl (C=O) groups is 10. The average molecular weight is 1280 g/mol. The van der Waals surface area contributed by atoms with Crippen LogP contribution in [-0.4, -0.2) is 111 Å². The Kier molecular flexibility index (Phi) is 28.1. The van der Waals surface area contributed by atoms with E-state index >= 15 is 0 Å². The fraction of sp³-hybridized carbons (Fsp3) is 0.446. The smallest absolute Gasteiger partial charge is 0.330 e. The molecule has 1 heterocycles. The molecule has 2 saturated carbocycles. The predicted molar refractivity (Wildman–Crippen MR) is 319 cm³/mol. The maximum atomic E-state index is 13.7. The van der Waals surface area contributed by atoms with Crippen LogP contribution in [0.1, 0.15) is 109 Å². The van der Waals surface area contributed by atoms with Crippen molar-refractivity contribution in [3.63, 3.8) is 0 Å². The minimum absolute atomic E-state index is 0.0136. The number of fused-ring (bicyclic) bond motifs is 1. The van der Waals surface area contributed by atoms with E-state index in [2.05, 4.69) is 13.2 Å². The fourth-order valence-corrected chi connectivity index (χ4v) is 11.8. The SMILES string of the molecule is C=CC(=O)OCC(C)OCC(C)OC(=O)CCC(=O)OCCc1ccc(OC(=O)C2CCC(C(=O)Oc3ccc(OC(=O)C4CCC(C(=O)Oc5ccc(CCOC(=O)CCC(=O)OC(C)COC(=O)C=C)cc5)CC4)c4c3SC(=C(C#N)C#N)S4)CC2)cc1. The van der Waals surface area contributed by atoms with Gasteiger partial charge in [-0.2, -0.15) is 10.5 Å². The van der Waals surface area contributed by atoms with Crippen LogP contribution in [0.15, 0.2) is 106 Å². The molecule has 0 spiro atoms. The van der Waals surface area contributed by atoms with Crippen LogP contribution < -0.4 is 18.9 Å². The number of benzene rings is 3. The molecular formula is C65H70N2O21S2. The zero-order valence-corrected chi connectivity index (χ0v) is 51.7. The predicted octanol–water partition coefficient (Wildman–Crippen LogP) is 9.24. The van der Waals surface area contributed by atoms with Crippen LogP contribution in [0.4, 0.5) is 0 Å². The van der Waals surface area contributed by atoms with E-state index in [0.29, 0.717) is 89.7 Å². The Labute approximate surface area is 529 Å². The lowest BCUT2D eigenvalue weighted by Crippen LogP contribution is -2.30. The van der Waals surface area contributed by atoms with Crippen LogP contribution in [-0.2, 0) is 93.9 Å². The number of thioether (sulfide) groups is 2. The van der Waals surface area contributed by atoms with Crippen LogP contribution in [0.25, 0.3) is 0 Å². The average Bonchev–Trinajstić information content (AvgIpc) is 1.75. The van der Waals surface area contributed by atoms with Crippen LogP contribution in [0.5, 0.6) is 23.0 Å². The Morgan fingerprint density at radius 1 is 0.478 bits per heavy atom. The first-order valence-electron chi connectivity index (χ1n) is 29.3. The summed E-state index contributed by atoms with van der Waals surface area (Å²) < 4.78 is 59.7. The molecule has 0 amide bonds. The van der Waals surface area contributed by atoms with Gasteiger partial charge in [-0.25, -0.2) is 9.59 Å². The standard InChI is InChI=1S/C65H70N2O21S2/c1-6-53(68)81-36-39(3)80-37-40(4)83-57(72)28-26-55(70)78-32-30-42-8-20-49(21-9-42)85-61(74)44-12-16-46(17-13-44)63(76)87-51-24-25-52(60-59(51)89-65(90-60)48(34-66)35-67)88-64(77)47-18-14-45(15-19-47)62(75)86-50-22-10-43(11-23-50)31-33-79-56(71)27-29-58(73)84-41(5)38-82-54(69)7-2/h6-11,20-25,39-41,44-47H,1-2,12-19,26-33,36-38H2,3-5H3. The molecule has 0 saturated heterocycles. The second kappa shape index (κ2) is 36.0. The topological polar surface area (TPSA) is 320 Å². The van der Waals surface area contributed by atoms with Gasteiger partial charge in [0.25, 0.3) is 0 Å². The van der Waals surface area contributed by atoms with E-state index in [1.807, 2.05) is 12.1 Å². The summed E-state index contributed by atoms with van der Waals surface area (Å²) in [7, 11) is 0. The Bertz CT molecular complexity index is 3210. The third kappa shape index (κ3) is 23.0. The number of hydrogen-bond donors (Lipinski definition) is 0. The second-order valence-electron chi connectivity index (χ2n) is 21.2. The molecule has 1 aliphatic heterocycles. The molecule has 3 aromatic carbocycles. The third-order valence-electron chi connectivity index (χ3n) is 14.3. The zero-order chi connectivity index (χ0) is 65.1. The lowest BCUT2D eigenvalue weighted by atomic mass is 9.82. The molecule has 3 aliphatic rings. The molecule has 0 N–H and O–H groups in total. The lowest BCUT2D eigenvalue weighted by molar-refractivity contribution is -0.157. The Morgan fingerprint density at radius 2 is 0.822 bits per heavy atom. The normalized spacial score (nSPS) is 17.5. The molecule has 90 heavy (non-hydrogen) atoms. The van der Waals surface area contributed by atoms with E-state index in [1.165, 1.54) is 12.1 Å². The van der Waals surface area contributed by atoms with Crippen molar-refractivity contribution < 1.29 is 100 Å². The van der Waals surface area contributed by atoms with Crippen molar-refractivity contribution >= 4 is 83.2 Å². The van der Waals surface area contributed by atoms with Crippen LogP contribution in [0.3, 0.4) is 0 Å². The number of carbonyl (C=O) groups excluding carboxylic acids is 10. The summed E-state index contributed by atoms with van der Waals surface area (Å²) in [5.41, 5.74) is 1.43. The number of allylic oxidation sites excluding steroid dienone is 1. The summed E-state index contributed by atoms with van der Waals surface area (Å²) in [6.45, 7) is 11.5. The highest BCUT2D eigenvalue weighted by Gasteiger charge is 2.37. The van der Waals surface area contributed by atoms with Crippen molar-refractivity contribution in [2.75, 3.05) is 33.0 Å². The highest BCUT2D eigenvalue weighted by atomic mass is 32.2. The summed E-state index contributed by atoms with van der Waals surface area (Å²) in [5, 5.41) is 19.4. The van der Waals surface area contributed by atoms with Gasteiger partial charge >= 0.3 is 59.7 Å². The summed E-state index contributed by atoms with van der Waals surface area (Å²) in [5.74, 6) is -6.73. The van der Waals surface area contributed by atoms with Gasteiger partial charge in [0.1, 0.15) is 66.1 Å². The molecular weight excluding hydrogens is 1210 g/mol. The number of esters is 10. The number of ether oxygens (including phenoxy) is 11. The summed E-state index contributed by atoms with van der Waals surface area (Å²) in [6, 6.07) is 20.2. The van der Waals surface area contributed by atoms with E-state index in [4.69, 9.17) is 52.1 Å². The monoisotopic (exact) mass is 1280 g/mol. The van der Waals surface area contributed by atoms with E-state index in [0.717, 1.165) is 46.8 Å². The molecule has 2 fully saturated rings. The van der Waals surface area contributed by atoms with Crippen molar-refractivity contribution in [1.29, 1.82) is 10.5 Å². The van der Waals surface area contributed by atoms with Crippen LogP contribution in [0.2, 0.25) is 0 Å². The summed E-state index contributed by atoms with van der Waals surface area (Å²) in [6.07, 6.45) is 3.04. The van der Waals surface area contributed by atoms with Gasteiger partial charge in [0.2, 0.25) is 0 Å². The Balaban J connectivity index is 0.886. The molecule has 0 radical (unpaired) electrons. The van der Waals surface area contributed by atoms with Gasteiger partial charge in [-0.1, -0.05) is 60.9 Å². The highest BCUT2D eigenvalue weighted by molar-refractivity contribution is 8.24. The molecule has 2 aliphatic carbocycles. The largest absolute Gasteiger partial charge is 0.465 e. The van der Waals surface area contributed by atoms with Crippen molar-refractivity contribution in [1.82, 2.24) is 0 Å². The second-order valence-corrected chi connectivity index (χ2v) is 23.5. The maximum Gasteiger partial charge on any atom is 0.330 e. The van der Waals surface area contributed by atoms with Gasteiger partial charge in [-0.3, -0.25) is 38.4 Å². The Hall–Kier alpha value is -8.78. The molecule has 3 aromatic rings. The first kappa shape index (κ1) is 70.3. The highest BCUT2D eigenvalue weighted by Crippen LogP contribution is 2.59. The number of nitrogens with zero attached hydrogens (tertiary/aromatic N) is 2. The minimum Gasteiger partial charge on any atom is -0.465 e. The Morgan fingerprint density at radius 3 is 1.19 bits per heavy atom. The summed E-state index contributed by atoms with van der Waals surface area (Å²) >= 11 is 2.09. The molecule has 23 nitrogen and oxygen atoms in total. The van der Waals surface area contributed by atoms with E-state index in [9.17, 15) is 58.5 Å². The first-order valence-corrected chi connectivity index (χ1v) is 30.9. The quantitative estimate of drug-likeness (QED) is 0.0190. The first-order chi connectivity index (χ1) is 43.2. The number of rotatable bonds is 31. The molecule has 3 unspecified atom stereocenters. The van der Waals surface area contributed by atoms with Gasteiger partial charge in [0, 0.05) is 25.0 Å². The van der Waals surface area contributed by atoms with Crippen molar-refractivity contribution in [3.8, 4) is 35.1 Å². The van der Waals surface area contributed by atoms with E-state index in [-0.39, 0.29) is 75.8 Å². The molecule has 0 bridgehead atoms.